The highest BCUT2D eigenvalue weighted by Gasteiger charge is 2.45. The van der Waals surface area contributed by atoms with Gasteiger partial charge in [-0.2, -0.15) is 0 Å². The molecule has 1 spiro atoms. The SMILES string of the molecule is COC(=O)c1cc(Cl)ccc1NC[C@H]1CC2(CCN1)CC2. The Kier molecular flexibility index (Phi) is 4.09. The highest BCUT2D eigenvalue weighted by atomic mass is 35.5. The number of piperidine rings is 1. The molecule has 0 amide bonds. The quantitative estimate of drug-likeness (QED) is 0.839. The van der Waals surface area contributed by atoms with E-state index < -0.39 is 0 Å². The minimum Gasteiger partial charge on any atom is -0.465 e. The van der Waals surface area contributed by atoms with Gasteiger partial charge in [0.1, 0.15) is 0 Å². The normalized spacial score (nSPS) is 22.9. The van der Waals surface area contributed by atoms with Crippen molar-refractivity contribution >= 4 is 23.3 Å². The van der Waals surface area contributed by atoms with Crippen LogP contribution in [0.2, 0.25) is 5.02 Å². The lowest BCUT2D eigenvalue weighted by molar-refractivity contribution is 0.0602. The molecule has 1 atom stereocenters. The summed E-state index contributed by atoms with van der Waals surface area (Å²) < 4.78 is 4.81. The summed E-state index contributed by atoms with van der Waals surface area (Å²) in [6, 6.07) is 5.73. The van der Waals surface area contributed by atoms with Crippen LogP contribution >= 0.6 is 11.6 Å². The monoisotopic (exact) mass is 308 g/mol. The van der Waals surface area contributed by atoms with Crippen LogP contribution < -0.4 is 10.6 Å². The standard InChI is InChI=1S/C16H21ClN2O2/c1-21-15(20)13-8-11(17)2-3-14(13)19-10-12-9-16(4-5-16)6-7-18-12/h2-3,8,12,18-19H,4-7,9-10H2,1H3/t12-/m1/s1. The highest BCUT2D eigenvalue weighted by molar-refractivity contribution is 6.31. The maximum atomic E-state index is 11.8. The predicted molar refractivity (Wildman–Crippen MR) is 84.0 cm³/mol. The first-order valence-electron chi connectivity index (χ1n) is 7.47. The molecule has 2 fully saturated rings. The minimum absolute atomic E-state index is 0.365. The number of hydrogen-bond acceptors (Lipinski definition) is 4. The molecule has 1 aromatic carbocycles. The van der Waals surface area contributed by atoms with E-state index >= 15 is 0 Å². The Labute approximate surface area is 130 Å². The van der Waals surface area contributed by atoms with Gasteiger partial charge in [0, 0.05) is 23.3 Å². The van der Waals surface area contributed by atoms with E-state index in [0.717, 1.165) is 18.8 Å². The van der Waals surface area contributed by atoms with Crippen LogP contribution in [0.4, 0.5) is 5.69 Å². The van der Waals surface area contributed by atoms with Crippen molar-refractivity contribution in [2.75, 3.05) is 25.5 Å². The summed E-state index contributed by atoms with van der Waals surface area (Å²) in [5.74, 6) is -0.365. The van der Waals surface area contributed by atoms with E-state index in [9.17, 15) is 4.79 Å². The molecule has 1 saturated carbocycles. The van der Waals surface area contributed by atoms with E-state index in [0.29, 0.717) is 22.0 Å². The van der Waals surface area contributed by atoms with Crippen molar-refractivity contribution in [2.24, 2.45) is 5.41 Å². The molecular formula is C16H21ClN2O2. The van der Waals surface area contributed by atoms with Gasteiger partial charge in [-0.1, -0.05) is 11.6 Å². The van der Waals surface area contributed by atoms with E-state index in [1.807, 2.05) is 6.07 Å². The van der Waals surface area contributed by atoms with E-state index in [1.165, 1.54) is 32.8 Å². The van der Waals surface area contributed by atoms with E-state index in [4.69, 9.17) is 16.3 Å². The third-order valence-electron chi connectivity index (χ3n) is 4.65. The zero-order valence-electron chi connectivity index (χ0n) is 12.2. The number of nitrogens with one attached hydrogen (secondary N) is 2. The molecule has 4 nitrogen and oxygen atoms in total. The fourth-order valence-electron chi connectivity index (χ4n) is 3.20. The van der Waals surface area contributed by atoms with E-state index in [1.54, 1.807) is 12.1 Å². The smallest absolute Gasteiger partial charge is 0.340 e. The second-order valence-corrected chi connectivity index (χ2v) is 6.60. The first kappa shape index (κ1) is 14.7. The van der Waals surface area contributed by atoms with Crippen LogP contribution in [-0.2, 0) is 4.74 Å². The lowest BCUT2D eigenvalue weighted by atomic mass is 9.89. The number of rotatable bonds is 4. The molecule has 1 saturated heterocycles. The number of halogens is 1. The number of benzene rings is 1. The van der Waals surface area contributed by atoms with Gasteiger partial charge < -0.3 is 15.4 Å². The third-order valence-corrected chi connectivity index (χ3v) is 4.89. The molecule has 1 aromatic rings. The van der Waals surface area contributed by atoms with E-state index in [2.05, 4.69) is 10.6 Å². The first-order chi connectivity index (χ1) is 10.1. The van der Waals surface area contributed by atoms with E-state index in [-0.39, 0.29) is 5.97 Å². The molecule has 21 heavy (non-hydrogen) atoms. The molecule has 0 bridgehead atoms. The van der Waals surface area contributed by atoms with Crippen molar-refractivity contribution in [3.8, 4) is 0 Å². The van der Waals surface area contributed by atoms with Crippen LogP contribution in [0.15, 0.2) is 18.2 Å². The molecule has 2 aliphatic rings. The predicted octanol–water partition coefficient (Wildman–Crippen LogP) is 3.07. The molecule has 3 rings (SSSR count). The summed E-state index contributed by atoms with van der Waals surface area (Å²) in [4.78, 5) is 11.8. The van der Waals surface area contributed by atoms with Crippen molar-refractivity contribution in [3.63, 3.8) is 0 Å². The van der Waals surface area contributed by atoms with Crippen molar-refractivity contribution < 1.29 is 9.53 Å². The van der Waals surface area contributed by atoms with Gasteiger partial charge in [0.05, 0.1) is 12.7 Å². The number of hydrogen-bond donors (Lipinski definition) is 2. The lowest BCUT2D eigenvalue weighted by Crippen LogP contribution is -2.43. The largest absolute Gasteiger partial charge is 0.465 e. The van der Waals surface area contributed by atoms with Gasteiger partial charge in [0.15, 0.2) is 0 Å². The third kappa shape index (κ3) is 3.33. The Bertz CT molecular complexity index is 543. The first-order valence-corrected chi connectivity index (χ1v) is 7.85. The van der Waals surface area contributed by atoms with Gasteiger partial charge in [-0.05, 0) is 55.8 Å². The number of carbonyl (C=O) groups is 1. The Morgan fingerprint density at radius 1 is 1.48 bits per heavy atom. The summed E-state index contributed by atoms with van der Waals surface area (Å²) in [5, 5.41) is 7.46. The van der Waals surface area contributed by atoms with Gasteiger partial charge in [-0.3, -0.25) is 0 Å². The molecule has 0 aromatic heterocycles. The number of esters is 1. The maximum absolute atomic E-state index is 11.8. The Balaban J connectivity index is 1.65. The average molecular weight is 309 g/mol. The topological polar surface area (TPSA) is 50.4 Å². The van der Waals surface area contributed by atoms with Crippen LogP contribution in [0, 0.1) is 5.41 Å². The summed E-state index contributed by atoms with van der Waals surface area (Å²) >= 11 is 5.96. The molecule has 0 unspecified atom stereocenters. The van der Waals surface area contributed by atoms with Crippen molar-refractivity contribution in [1.29, 1.82) is 0 Å². The van der Waals surface area contributed by atoms with Crippen molar-refractivity contribution in [3.05, 3.63) is 28.8 Å². The average Bonchev–Trinajstić information content (AvgIpc) is 3.24. The number of anilines is 1. The van der Waals surface area contributed by atoms with Gasteiger partial charge in [-0.25, -0.2) is 4.79 Å². The molecule has 1 aliphatic heterocycles. The Morgan fingerprint density at radius 2 is 2.29 bits per heavy atom. The fourth-order valence-corrected chi connectivity index (χ4v) is 3.37. The van der Waals surface area contributed by atoms with Gasteiger partial charge in [0.25, 0.3) is 0 Å². The zero-order chi connectivity index (χ0) is 14.9. The molecule has 5 heteroatoms. The van der Waals surface area contributed by atoms with Crippen LogP contribution in [0.5, 0.6) is 0 Å². The van der Waals surface area contributed by atoms with Gasteiger partial charge >= 0.3 is 5.97 Å². The Hall–Kier alpha value is -1.26. The van der Waals surface area contributed by atoms with Crippen LogP contribution in [0.3, 0.4) is 0 Å². The Morgan fingerprint density at radius 3 is 3.00 bits per heavy atom. The van der Waals surface area contributed by atoms with Gasteiger partial charge in [-0.15, -0.1) is 0 Å². The second kappa shape index (κ2) is 5.85. The van der Waals surface area contributed by atoms with Crippen molar-refractivity contribution in [1.82, 2.24) is 5.32 Å². The van der Waals surface area contributed by atoms with Crippen LogP contribution in [0.25, 0.3) is 0 Å². The summed E-state index contributed by atoms with van der Waals surface area (Å²) in [6.45, 7) is 1.91. The fraction of sp³-hybridized carbons (Fsp3) is 0.562. The lowest BCUT2D eigenvalue weighted by Gasteiger charge is -2.31. The van der Waals surface area contributed by atoms with Crippen LogP contribution in [0.1, 0.15) is 36.0 Å². The highest BCUT2D eigenvalue weighted by Crippen LogP contribution is 2.53. The van der Waals surface area contributed by atoms with Crippen LogP contribution in [-0.4, -0.2) is 32.2 Å². The molecular weight excluding hydrogens is 288 g/mol. The minimum atomic E-state index is -0.365. The number of carbonyl (C=O) groups excluding carboxylic acids is 1. The molecule has 0 radical (unpaired) electrons. The summed E-state index contributed by atoms with van der Waals surface area (Å²) in [6.07, 6.45) is 5.28. The summed E-state index contributed by atoms with van der Waals surface area (Å²) in [5.41, 5.74) is 1.88. The molecule has 1 heterocycles. The molecule has 2 N–H and O–H groups in total. The molecule has 1 aliphatic carbocycles. The van der Waals surface area contributed by atoms with Gasteiger partial charge in [0.2, 0.25) is 0 Å². The maximum Gasteiger partial charge on any atom is 0.340 e. The molecule has 114 valence electrons. The zero-order valence-corrected chi connectivity index (χ0v) is 13.0. The number of methoxy groups -OCH3 is 1. The number of ether oxygens (including phenoxy) is 1. The summed E-state index contributed by atoms with van der Waals surface area (Å²) in [7, 11) is 1.38. The van der Waals surface area contributed by atoms with Crippen molar-refractivity contribution in [2.45, 2.75) is 31.7 Å². The second-order valence-electron chi connectivity index (χ2n) is 6.17.